The number of nitriles is 1. The minimum atomic E-state index is 0.000654. The Morgan fingerprint density at radius 3 is 3.05 bits per heavy atom. The number of para-hydroxylation sites is 2. The summed E-state index contributed by atoms with van der Waals surface area (Å²) in [6.45, 7) is 0.468. The van der Waals surface area contributed by atoms with Gasteiger partial charge in [-0.25, -0.2) is 4.98 Å². The Hall–Kier alpha value is -2.00. The number of rotatable bonds is 5. The Labute approximate surface area is 115 Å². The molecule has 98 valence electrons. The van der Waals surface area contributed by atoms with E-state index >= 15 is 0 Å². The van der Waals surface area contributed by atoms with Crippen LogP contribution in [0.2, 0.25) is 0 Å². The molecule has 1 N–H and O–H groups in total. The highest BCUT2D eigenvalue weighted by Crippen LogP contribution is 2.19. The topological polar surface area (TPSA) is 72.8 Å². The second kappa shape index (κ2) is 6.25. The number of hydrogen-bond donors (Lipinski definition) is 1. The predicted octanol–water partition coefficient (Wildman–Crippen LogP) is 2.03. The second-order valence-corrected chi connectivity index (χ2v) is 5.04. The van der Waals surface area contributed by atoms with Crippen molar-refractivity contribution in [1.29, 1.82) is 5.26 Å². The highest BCUT2D eigenvalue weighted by atomic mass is 32.2. The van der Waals surface area contributed by atoms with Crippen LogP contribution in [0.3, 0.4) is 0 Å². The lowest BCUT2D eigenvalue weighted by Gasteiger charge is -2.14. The molecule has 1 heterocycles. The molecule has 0 saturated carbocycles. The third-order valence-electron chi connectivity index (χ3n) is 2.68. The lowest BCUT2D eigenvalue weighted by atomic mass is 10.3. The molecule has 1 aromatic heterocycles. The standard InChI is InChI=1S/C13H14N4OS/c1-17(8-4-7-14)12(18)9-19-13-15-10-5-2-3-6-11(10)16-13/h2-3,5-6H,4,8-9H2,1H3,(H,15,16). The van der Waals surface area contributed by atoms with Crippen molar-refractivity contribution in [2.24, 2.45) is 0 Å². The van der Waals surface area contributed by atoms with Gasteiger partial charge >= 0.3 is 0 Å². The predicted molar refractivity (Wildman–Crippen MR) is 74.7 cm³/mol. The fourth-order valence-electron chi connectivity index (χ4n) is 1.58. The average molecular weight is 274 g/mol. The first kappa shape index (κ1) is 13.4. The summed E-state index contributed by atoms with van der Waals surface area (Å²) in [5.74, 6) is 0.322. The number of thioether (sulfide) groups is 1. The van der Waals surface area contributed by atoms with Crippen LogP contribution < -0.4 is 0 Å². The van der Waals surface area contributed by atoms with Crippen molar-refractivity contribution < 1.29 is 4.79 Å². The molecule has 0 aliphatic heterocycles. The van der Waals surface area contributed by atoms with E-state index < -0.39 is 0 Å². The summed E-state index contributed by atoms with van der Waals surface area (Å²) in [6, 6.07) is 9.77. The normalized spacial score (nSPS) is 10.3. The fraction of sp³-hybridized carbons (Fsp3) is 0.308. The summed E-state index contributed by atoms with van der Waals surface area (Å²) in [4.78, 5) is 20.9. The van der Waals surface area contributed by atoms with Crippen LogP contribution in [0.4, 0.5) is 0 Å². The maximum atomic E-state index is 11.8. The molecule has 0 saturated heterocycles. The molecule has 0 unspecified atom stereocenters. The minimum absolute atomic E-state index is 0.000654. The molecule has 0 spiro atoms. The molecule has 2 rings (SSSR count). The average Bonchev–Trinajstić information content (AvgIpc) is 2.84. The van der Waals surface area contributed by atoms with Gasteiger partial charge in [-0.05, 0) is 12.1 Å². The molecule has 0 bridgehead atoms. The van der Waals surface area contributed by atoms with E-state index in [2.05, 4.69) is 9.97 Å². The summed E-state index contributed by atoms with van der Waals surface area (Å²) in [5, 5.41) is 9.22. The maximum absolute atomic E-state index is 11.8. The van der Waals surface area contributed by atoms with Crippen LogP contribution in [-0.4, -0.2) is 40.1 Å². The monoisotopic (exact) mass is 274 g/mol. The Morgan fingerprint density at radius 2 is 2.32 bits per heavy atom. The third kappa shape index (κ3) is 3.48. The lowest BCUT2D eigenvalue weighted by molar-refractivity contribution is -0.127. The summed E-state index contributed by atoms with van der Waals surface area (Å²) in [5.41, 5.74) is 1.87. The zero-order valence-corrected chi connectivity index (χ0v) is 11.4. The fourth-order valence-corrected chi connectivity index (χ4v) is 2.41. The second-order valence-electron chi connectivity index (χ2n) is 4.07. The summed E-state index contributed by atoms with van der Waals surface area (Å²) >= 11 is 1.38. The molecule has 1 amide bonds. The van der Waals surface area contributed by atoms with Gasteiger partial charge in [-0.3, -0.25) is 4.79 Å². The van der Waals surface area contributed by atoms with Gasteiger partial charge in [0.15, 0.2) is 5.16 Å². The molecule has 2 aromatic rings. The van der Waals surface area contributed by atoms with Crippen molar-refractivity contribution in [3.05, 3.63) is 24.3 Å². The van der Waals surface area contributed by atoms with Gasteiger partial charge in [-0.15, -0.1) is 0 Å². The number of imidazole rings is 1. The molecule has 19 heavy (non-hydrogen) atoms. The zero-order chi connectivity index (χ0) is 13.7. The van der Waals surface area contributed by atoms with E-state index in [9.17, 15) is 4.79 Å². The van der Waals surface area contributed by atoms with Gasteiger partial charge in [0.2, 0.25) is 5.91 Å². The summed E-state index contributed by atoms with van der Waals surface area (Å²) in [6.07, 6.45) is 0.359. The van der Waals surface area contributed by atoms with E-state index in [0.717, 1.165) is 16.2 Å². The summed E-state index contributed by atoms with van der Waals surface area (Å²) < 4.78 is 0. The van der Waals surface area contributed by atoms with Crippen molar-refractivity contribution >= 4 is 28.7 Å². The number of hydrogen-bond acceptors (Lipinski definition) is 4. The number of fused-ring (bicyclic) bond motifs is 1. The number of amides is 1. The van der Waals surface area contributed by atoms with Crippen LogP contribution in [0, 0.1) is 11.3 Å². The SMILES string of the molecule is CN(CCC#N)C(=O)CSc1nc2ccccc2[nH]1. The quantitative estimate of drug-likeness (QED) is 0.847. The molecular weight excluding hydrogens is 260 g/mol. The highest BCUT2D eigenvalue weighted by Gasteiger charge is 2.10. The van der Waals surface area contributed by atoms with Crippen molar-refractivity contribution in [2.75, 3.05) is 19.3 Å². The van der Waals surface area contributed by atoms with Crippen LogP contribution in [0.15, 0.2) is 29.4 Å². The number of benzene rings is 1. The van der Waals surface area contributed by atoms with Gasteiger partial charge in [0.05, 0.1) is 29.3 Å². The van der Waals surface area contributed by atoms with E-state index in [1.807, 2.05) is 30.3 Å². The number of H-pyrrole nitrogens is 1. The van der Waals surface area contributed by atoms with E-state index in [-0.39, 0.29) is 5.91 Å². The van der Waals surface area contributed by atoms with Gasteiger partial charge in [0.1, 0.15) is 0 Å². The number of carbonyl (C=O) groups is 1. The van der Waals surface area contributed by atoms with Crippen LogP contribution in [0.1, 0.15) is 6.42 Å². The number of nitrogens with zero attached hydrogens (tertiary/aromatic N) is 3. The Balaban J connectivity index is 1.91. The van der Waals surface area contributed by atoms with E-state index in [1.165, 1.54) is 11.8 Å². The van der Waals surface area contributed by atoms with Crippen molar-refractivity contribution in [3.63, 3.8) is 0 Å². The van der Waals surface area contributed by atoms with Crippen molar-refractivity contribution in [1.82, 2.24) is 14.9 Å². The Kier molecular flexibility index (Phi) is 4.42. The number of nitrogens with one attached hydrogen (secondary N) is 1. The smallest absolute Gasteiger partial charge is 0.232 e. The number of aromatic amines is 1. The van der Waals surface area contributed by atoms with Gasteiger partial charge in [0.25, 0.3) is 0 Å². The van der Waals surface area contributed by atoms with Gasteiger partial charge in [0, 0.05) is 13.6 Å². The van der Waals surface area contributed by atoms with Crippen LogP contribution >= 0.6 is 11.8 Å². The van der Waals surface area contributed by atoms with Crippen LogP contribution in [0.5, 0.6) is 0 Å². The molecule has 6 heteroatoms. The lowest BCUT2D eigenvalue weighted by Crippen LogP contribution is -2.29. The molecule has 1 aromatic carbocycles. The molecule has 0 aliphatic carbocycles. The van der Waals surface area contributed by atoms with Crippen LogP contribution in [-0.2, 0) is 4.79 Å². The Bertz CT molecular complexity index is 583. The van der Waals surface area contributed by atoms with E-state index in [1.54, 1.807) is 11.9 Å². The maximum Gasteiger partial charge on any atom is 0.232 e. The van der Waals surface area contributed by atoms with Gasteiger partial charge in [-0.1, -0.05) is 23.9 Å². The number of carbonyl (C=O) groups excluding carboxylic acids is 1. The van der Waals surface area contributed by atoms with Crippen LogP contribution in [0.25, 0.3) is 11.0 Å². The largest absolute Gasteiger partial charge is 0.344 e. The van der Waals surface area contributed by atoms with Gasteiger partial charge < -0.3 is 9.88 Å². The first-order chi connectivity index (χ1) is 9.20. The Morgan fingerprint density at radius 1 is 1.53 bits per heavy atom. The molecule has 0 fully saturated rings. The molecule has 0 radical (unpaired) electrons. The van der Waals surface area contributed by atoms with Crippen molar-refractivity contribution in [2.45, 2.75) is 11.6 Å². The van der Waals surface area contributed by atoms with E-state index in [4.69, 9.17) is 5.26 Å². The molecule has 5 nitrogen and oxygen atoms in total. The van der Waals surface area contributed by atoms with Crippen molar-refractivity contribution in [3.8, 4) is 6.07 Å². The molecular formula is C13H14N4OS. The number of aromatic nitrogens is 2. The van der Waals surface area contributed by atoms with E-state index in [0.29, 0.717) is 18.7 Å². The van der Waals surface area contributed by atoms with Gasteiger partial charge in [-0.2, -0.15) is 5.26 Å². The first-order valence-corrected chi connectivity index (χ1v) is 6.87. The minimum Gasteiger partial charge on any atom is -0.344 e. The summed E-state index contributed by atoms with van der Waals surface area (Å²) in [7, 11) is 1.71. The highest BCUT2D eigenvalue weighted by molar-refractivity contribution is 7.99. The zero-order valence-electron chi connectivity index (χ0n) is 10.6. The third-order valence-corrected chi connectivity index (χ3v) is 3.54. The molecule has 0 aliphatic rings. The first-order valence-electron chi connectivity index (χ1n) is 5.89. The molecule has 0 atom stereocenters.